The van der Waals surface area contributed by atoms with E-state index in [4.69, 9.17) is 0 Å². The quantitative estimate of drug-likeness (QED) is 0.800. The topological polar surface area (TPSA) is 21.1 Å². The molecule has 0 bridgehead atoms. The first-order valence-electron chi connectivity index (χ1n) is 6.98. The standard InChI is InChI=1S/C14H24BrN3/c1-5-18-13(14(15)11(4)16-18)9-17(10(2)3)8-12-6-7-12/h10,12H,5-9H2,1-4H3. The second-order valence-corrected chi connectivity index (χ2v) is 6.42. The lowest BCUT2D eigenvalue weighted by Gasteiger charge is -2.26. The maximum Gasteiger partial charge on any atom is 0.0739 e. The van der Waals surface area contributed by atoms with E-state index in [1.54, 1.807) is 0 Å². The zero-order chi connectivity index (χ0) is 13.3. The highest BCUT2D eigenvalue weighted by molar-refractivity contribution is 9.10. The van der Waals surface area contributed by atoms with E-state index in [-0.39, 0.29) is 0 Å². The first-order chi connectivity index (χ1) is 8.52. The van der Waals surface area contributed by atoms with E-state index >= 15 is 0 Å². The van der Waals surface area contributed by atoms with E-state index in [9.17, 15) is 0 Å². The molecule has 1 heterocycles. The number of hydrogen-bond acceptors (Lipinski definition) is 2. The second-order valence-electron chi connectivity index (χ2n) is 5.63. The zero-order valence-electron chi connectivity index (χ0n) is 11.9. The van der Waals surface area contributed by atoms with Gasteiger partial charge >= 0.3 is 0 Å². The molecule has 0 atom stereocenters. The van der Waals surface area contributed by atoms with Crippen molar-refractivity contribution < 1.29 is 0 Å². The van der Waals surface area contributed by atoms with Crippen LogP contribution < -0.4 is 0 Å². The van der Waals surface area contributed by atoms with Crippen LogP contribution in [0, 0.1) is 12.8 Å². The number of hydrogen-bond donors (Lipinski definition) is 0. The summed E-state index contributed by atoms with van der Waals surface area (Å²) < 4.78 is 3.31. The maximum atomic E-state index is 4.58. The van der Waals surface area contributed by atoms with Gasteiger partial charge in [-0.3, -0.25) is 9.58 Å². The SMILES string of the molecule is CCn1nc(C)c(Br)c1CN(CC1CC1)C(C)C. The van der Waals surface area contributed by atoms with Gasteiger partial charge in [0.05, 0.1) is 15.9 Å². The second kappa shape index (κ2) is 5.74. The van der Waals surface area contributed by atoms with E-state index in [1.807, 2.05) is 0 Å². The van der Waals surface area contributed by atoms with Gasteiger partial charge in [0.15, 0.2) is 0 Å². The third-order valence-electron chi connectivity index (χ3n) is 3.73. The number of halogens is 1. The van der Waals surface area contributed by atoms with Crippen LogP contribution in [-0.4, -0.2) is 27.3 Å². The first-order valence-corrected chi connectivity index (χ1v) is 7.78. The molecule has 0 amide bonds. The third-order valence-corrected chi connectivity index (χ3v) is 4.76. The minimum absolute atomic E-state index is 0.595. The molecule has 0 N–H and O–H groups in total. The lowest BCUT2D eigenvalue weighted by atomic mass is 10.2. The fourth-order valence-corrected chi connectivity index (χ4v) is 2.71. The molecule has 1 fully saturated rings. The molecule has 0 aromatic carbocycles. The minimum Gasteiger partial charge on any atom is -0.295 e. The Kier molecular flexibility index (Phi) is 4.49. The average molecular weight is 314 g/mol. The summed E-state index contributed by atoms with van der Waals surface area (Å²) in [6, 6.07) is 0.595. The smallest absolute Gasteiger partial charge is 0.0739 e. The van der Waals surface area contributed by atoms with Crippen LogP contribution in [0.25, 0.3) is 0 Å². The van der Waals surface area contributed by atoms with Gasteiger partial charge in [-0.05, 0) is 62.4 Å². The van der Waals surface area contributed by atoms with Gasteiger partial charge in [0, 0.05) is 25.7 Å². The minimum atomic E-state index is 0.595. The summed E-state index contributed by atoms with van der Waals surface area (Å²) in [5, 5.41) is 4.58. The monoisotopic (exact) mass is 313 g/mol. The van der Waals surface area contributed by atoms with Crippen molar-refractivity contribution in [2.75, 3.05) is 6.54 Å². The highest BCUT2D eigenvalue weighted by atomic mass is 79.9. The molecule has 2 rings (SSSR count). The molecule has 4 heteroatoms. The molecule has 1 aromatic rings. The zero-order valence-corrected chi connectivity index (χ0v) is 13.5. The fraction of sp³-hybridized carbons (Fsp3) is 0.786. The van der Waals surface area contributed by atoms with Crippen LogP contribution in [-0.2, 0) is 13.1 Å². The van der Waals surface area contributed by atoms with Crippen LogP contribution in [0.1, 0.15) is 45.0 Å². The molecule has 0 unspecified atom stereocenters. The Morgan fingerprint density at radius 2 is 2.11 bits per heavy atom. The summed E-state index contributed by atoms with van der Waals surface area (Å²) in [5.41, 5.74) is 2.42. The van der Waals surface area contributed by atoms with E-state index in [1.165, 1.54) is 29.6 Å². The molecule has 0 spiro atoms. The van der Waals surface area contributed by atoms with Crippen molar-refractivity contribution in [2.24, 2.45) is 5.92 Å². The lowest BCUT2D eigenvalue weighted by molar-refractivity contribution is 0.197. The molecule has 1 saturated carbocycles. The van der Waals surface area contributed by atoms with Crippen LogP contribution in [0.3, 0.4) is 0 Å². The number of aryl methyl sites for hydroxylation is 2. The van der Waals surface area contributed by atoms with Crippen molar-refractivity contribution in [2.45, 2.75) is 59.7 Å². The van der Waals surface area contributed by atoms with Gasteiger partial charge in [-0.15, -0.1) is 0 Å². The molecule has 3 nitrogen and oxygen atoms in total. The van der Waals surface area contributed by atoms with Crippen LogP contribution >= 0.6 is 15.9 Å². The van der Waals surface area contributed by atoms with Gasteiger partial charge in [-0.1, -0.05) is 0 Å². The van der Waals surface area contributed by atoms with Gasteiger partial charge in [-0.25, -0.2) is 0 Å². The van der Waals surface area contributed by atoms with E-state index in [0.29, 0.717) is 6.04 Å². The largest absolute Gasteiger partial charge is 0.295 e. The number of nitrogens with zero attached hydrogens (tertiary/aromatic N) is 3. The third kappa shape index (κ3) is 3.15. The summed E-state index contributed by atoms with van der Waals surface area (Å²) in [7, 11) is 0. The van der Waals surface area contributed by atoms with Gasteiger partial charge < -0.3 is 0 Å². The summed E-state index contributed by atoms with van der Waals surface area (Å²) in [4.78, 5) is 2.57. The fourth-order valence-electron chi connectivity index (χ4n) is 2.30. The van der Waals surface area contributed by atoms with Crippen molar-refractivity contribution in [3.05, 3.63) is 15.9 Å². The van der Waals surface area contributed by atoms with E-state index in [2.05, 4.69) is 58.3 Å². The van der Waals surface area contributed by atoms with Crippen LogP contribution in [0.4, 0.5) is 0 Å². The number of rotatable bonds is 6. The predicted octanol–water partition coefficient (Wildman–Crippen LogP) is 3.59. The van der Waals surface area contributed by atoms with Gasteiger partial charge in [0.1, 0.15) is 0 Å². The van der Waals surface area contributed by atoms with E-state index < -0.39 is 0 Å². The molecule has 0 saturated heterocycles. The van der Waals surface area contributed by atoms with Crippen LogP contribution in [0.15, 0.2) is 4.47 Å². The Hall–Kier alpha value is -0.350. The Morgan fingerprint density at radius 3 is 2.61 bits per heavy atom. The predicted molar refractivity (Wildman–Crippen MR) is 78.6 cm³/mol. The molecule has 1 aromatic heterocycles. The van der Waals surface area contributed by atoms with Gasteiger partial charge in [0.2, 0.25) is 0 Å². The highest BCUT2D eigenvalue weighted by Crippen LogP contribution is 2.31. The molecular weight excluding hydrogens is 290 g/mol. The Labute approximate surface area is 119 Å². The highest BCUT2D eigenvalue weighted by Gasteiger charge is 2.26. The van der Waals surface area contributed by atoms with Crippen molar-refractivity contribution >= 4 is 15.9 Å². The van der Waals surface area contributed by atoms with Gasteiger partial charge in [0.25, 0.3) is 0 Å². The first kappa shape index (κ1) is 14.1. The summed E-state index contributed by atoms with van der Waals surface area (Å²) in [6.45, 7) is 12.0. The molecule has 1 aliphatic carbocycles. The van der Waals surface area contributed by atoms with Crippen LogP contribution in [0.5, 0.6) is 0 Å². The van der Waals surface area contributed by atoms with Crippen molar-refractivity contribution in [1.82, 2.24) is 14.7 Å². The Bertz CT molecular complexity index is 407. The molecule has 0 aliphatic heterocycles. The summed E-state index contributed by atoms with van der Waals surface area (Å²) >= 11 is 3.69. The van der Waals surface area contributed by atoms with Crippen molar-refractivity contribution in [1.29, 1.82) is 0 Å². The molecule has 18 heavy (non-hydrogen) atoms. The van der Waals surface area contributed by atoms with Gasteiger partial charge in [-0.2, -0.15) is 5.10 Å². The Morgan fingerprint density at radius 1 is 1.44 bits per heavy atom. The Balaban J connectivity index is 2.14. The van der Waals surface area contributed by atoms with Crippen molar-refractivity contribution in [3.63, 3.8) is 0 Å². The van der Waals surface area contributed by atoms with E-state index in [0.717, 1.165) is 24.7 Å². The summed E-state index contributed by atoms with van der Waals surface area (Å²) in [5.74, 6) is 0.935. The molecule has 1 aliphatic rings. The average Bonchev–Trinajstić information content (AvgIpc) is 3.09. The number of aromatic nitrogens is 2. The van der Waals surface area contributed by atoms with Crippen molar-refractivity contribution in [3.8, 4) is 0 Å². The van der Waals surface area contributed by atoms with Crippen LogP contribution in [0.2, 0.25) is 0 Å². The maximum absolute atomic E-state index is 4.58. The normalized spacial score (nSPS) is 15.9. The summed E-state index contributed by atoms with van der Waals surface area (Å²) in [6.07, 6.45) is 2.83. The lowest BCUT2D eigenvalue weighted by Crippen LogP contribution is -2.33. The molecule has 102 valence electrons. The molecular formula is C14H24BrN3. The molecule has 0 radical (unpaired) electrons.